The molecule has 1 aliphatic heterocycles. The molecule has 0 bridgehead atoms. The van der Waals surface area contributed by atoms with E-state index >= 15 is 0 Å². The number of amides is 2. The fourth-order valence-electron chi connectivity index (χ4n) is 4.76. The van der Waals surface area contributed by atoms with Gasteiger partial charge in [-0.05, 0) is 59.6 Å². The first kappa shape index (κ1) is 39.1. The van der Waals surface area contributed by atoms with Gasteiger partial charge >= 0.3 is 29.6 Å². The zero-order valence-electron chi connectivity index (χ0n) is 25.5. The maximum atomic E-state index is 12.7. The van der Waals surface area contributed by atoms with Crippen LogP contribution in [0.5, 0.6) is 0 Å². The van der Waals surface area contributed by atoms with Crippen molar-refractivity contribution in [3.05, 3.63) is 59.7 Å². The molecule has 3 rings (SSSR count). The first-order valence-corrected chi connectivity index (χ1v) is 15.4. The monoisotopic (exact) mass is 626 g/mol. The third kappa shape index (κ3) is 13.3. The summed E-state index contributed by atoms with van der Waals surface area (Å²) in [4.78, 5) is 32.7. The molecule has 2 aromatic rings. The van der Waals surface area contributed by atoms with Gasteiger partial charge in [-0.3, -0.25) is 9.59 Å². The van der Waals surface area contributed by atoms with E-state index in [9.17, 15) is 19.8 Å². The van der Waals surface area contributed by atoms with Crippen molar-refractivity contribution in [2.45, 2.75) is 77.1 Å². The minimum absolute atomic E-state index is 0. The van der Waals surface area contributed by atoms with Gasteiger partial charge in [0.1, 0.15) is 6.10 Å². The molecule has 0 saturated carbocycles. The predicted octanol–water partition coefficient (Wildman–Crippen LogP) is -1.09. The van der Waals surface area contributed by atoms with E-state index < -0.39 is 37.1 Å². The molecule has 4 unspecified atom stereocenters. The maximum absolute atomic E-state index is 12.7. The van der Waals surface area contributed by atoms with E-state index in [0.717, 1.165) is 35.5 Å². The number of hydrogen-bond donors (Lipinski definition) is 4. The van der Waals surface area contributed by atoms with Gasteiger partial charge in [0.25, 0.3) is 5.91 Å². The van der Waals surface area contributed by atoms with Crippen LogP contribution in [0.1, 0.15) is 56.0 Å². The molecule has 12 heteroatoms. The quantitative estimate of drug-likeness (QED) is 0.116. The summed E-state index contributed by atoms with van der Waals surface area (Å²) < 4.78 is 11.8. The summed E-state index contributed by atoms with van der Waals surface area (Å²) in [6, 6.07) is 14.9. The summed E-state index contributed by atoms with van der Waals surface area (Å²) in [6.45, 7) is 5.76. The topological polar surface area (TPSA) is 157 Å². The average molecular weight is 627 g/mol. The van der Waals surface area contributed by atoms with Gasteiger partial charge in [-0.25, -0.2) is 0 Å². The zero-order chi connectivity index (χ0) is 30.9. The van der Waals surface area contributed by atoms with E-state index in [1.165, 1.54) is 12.5 Å². The Morgan fingerprint density at radius 2 is 1.86 bits per heavy atom. The second-order valence-electron chi connectivity index (χ2n) is 9.78. The van der Waals surface area contributed by atoms with Crippen molar-refractivity contribution in [2.24, 2.45) is 0 Å². The van der Waals surface area contributed by atoms with Gasteiger partial charge in [0.05, 0.1) is 24.9 Å². The third-order valence-electron chi connectivity index (χ3n) is 6.78. The molecular weight excluding hydrogens is 583 g/mol. The summed E-state index contributed by atoms with van der Waals surface area (Å²) in [7, 11) is 0. The van der Waals surface area contributed by atoms with Crippen LogP contribution in [-0.2, 0) is 25.5 Å². The Morgan fingerprint density at radius 3 is 2.49 bits per heavy atom. The second-order valence-corrected chi connectivity index (χ2v) is 11.2. The molecule has 0 aromatic heterocycles. The third-order valence-corrected chi connectivity index (χ3v) is 7.77. The van der Waals surface area contributed by atoms with Crippen LogP contribution in [0.2, 0.25) is 0 Å². The standard InChI is InChI=1S/C30H42N2O6S.CH2O2.Na/c1-4-21-9-6-7-10-24(21)22-11-13-23(14-12-22)30(36)31-16-15-25(34)29-28(32-20(3)33)26(35)19-27(38-29)37-17-8-18-39-5-2;2-1-3;/h6-7,9-14,25-29,34-35H,4-5,8,15-19H2,1-3H3,(H,31,36)(H,32,33);1H,(H,2,3);/q;;+1/p-1/t25?,26?,27?,28-,29?;;/m1../s1. The Kier molecular flexibility index (Phi) is 19.7. The number of aliphatic hydroxyl groups is 2. The number of aliphatic hydroxyl groups excluding tert-OH is 2. The molecule has 43 heavy (non-hydrogen) atoms. The van der Waals surface area contributed by atoms with Crippen LogP contribution in [-0.4, -0.2) is 83.8 Å². The minimum Gasteiger partial charge on any atom is -0.554 e. The summed E-state index contributed by atoms with van der Waals surface area (Å²) >= 11 is 1.83. The Bertz CT molecular complexity index is 1110. The van der Waals surface area contributed by atoms with Gasteiger partial charge in [-0.15, -0.1) is 0 Å². The van der Waals surface area contributed by atoms with Gasteiger partial charge in [-0.2, -0.15) is 11.8 Å². The van der Waals surface area contributed by atoms with E-state index in [0.29, 0.717) is 12.2 Å². The van der Waals surface area contributed by atoms with Gasteiger partial charge in [0.2, 0.25) is 5.91 Å². The zero-order valence-corrected chi connectivity index (χ0v) is 28.3. The largest absolute Gasteiger partial charge is 1.00 e. The molecule has 1 saturated heterocycles. The molecule has 2 amide bonds. The minimum atomic E-state index is -1.04. The normalized spacial score (nSPS) is 20.0. The summed E-state index contributed by atoms with van der Waals surface area (Å²) in [5, 5.41) is 35.4. The molecule has 1 heterocycles. The summed E-state index contributed by atoms with van der Waals surface area (Å²) in [5.41, 5.74) is 3.98. The molecule has 10 nitrogen and oxygen atoms in total. The SMILES string of the molecule is CCSCCCOC1CC(O)[C@@H](NC(C)=O)C(C(O)CCNC(=O)c2ccc(-c3ccccc3CC)cc2)O1.O=C[O-].[Na+]. The smallest absolute Gasteiger partial charge is 0.554 e. The van der Waals surface area contributed by atoms with Crippen LogP contribution in [0.25, 0.3) is 11.1 Å². The van der Waals surface area contributed by atoms with Gasteiger partial charge in [-0.1, -0.05) is 50.2 Å². The van der Waals surface area contributed by atoms with Gasteiger partial charge in [0, 0.05) is 31.9 Å². The number of hydrogen-bond acceptors (Lipinski definition) is 9. The molecule has 4 N–H and O–H groups in total. The van der Waals surface area contributed by atoms with Crippen molar-refractivity contribution in [3.8, 4) is 11.1 Å². The van der Waals surface area contributed by atoms with Crippen molar-refractivity contribution >= 4 is 30.0 Å². The molecule has 5 atom stereocenters. The first-order chi connectivity index (χ1) is 20.2. The molecule has 232 valence electrons. The number of ether oxygens (including phenoxy) is 2. The Labute approximate surface area is 280 Å². The van der Waals surface area contributed by atoms with Crippen LogP contribution in [0.15, 0.2) is 48.5 Å². The molecule has 0 aliphatic carbocycles. The van der Waals surface area contributed by atoms with E-state index in [1.54, 1.807) is 12.1 Å². The molecular formula is C31H43N2NaO8S. The number of thioether (sulfide) groups is 1. The van der Waals surface area contributed by atoms with Crippen molar-refractivity contribution in [2.75, 3.05) is 24.7 Å². The van der Waals surface area contributed by atoms with Gasteiger partial charge in [0.15, 0.2) is 6.29 Å². The second kappa shape index (κ2) is 21.7. The van der Waals surface area contributed by atoms with E-state index in [4.69, 9.17) is 19.4 Å². The van der Waals surface area contributed by atoms with Crippen LogP contribution in [0, 0.1) is 0 Å². The molecule has 1 aliphatic rings. The van der Waals surface area contributed by atoms with Crippen LogP contribution in [0.4, 0.5) is 0 Å². The first-order valence-electron chi connectivity index (χ1n) is 14.3. The Morgan fingerprint density at radius 1 is 1.19 bits per heavy atom. The average Bonchev–Trinajstić information content (AvgIpc) is 2.98. The number of benzene rings is 2. The summed E-state index contributed by atoms with van der Waals surface area (Å²) in [6.07, 6.45) is -1.35. The number of rotatable bonds is 14. The predicted molar refractivity (Wildman–Crippen MR) is 161 cm³/mol. The van der Waals surface area contributed by atoms with E-state index in [2.05, 4.69) is 36.6 Å². The molecule has 2 aromatic carbocycles. The number of aryl methyl sites for hydroxylation is 1. The number of carboxylic acid groups (broad SMARTS) is 1. The van der Waals surface area contributed by atoms with Crippen LogP contribution < -0.4 is 45.3 Å². The van der Waals surface area contributed by atoms with Crippen LogP contribution >= 0.6 is 11.8 Å². The number of nitrogens with one attached hydrogen (secondary N) is 2. The summed E-state index contributed by atoms with van der Waals surface area (Å²) in [5.74, 6) is 1.45. The number of carbonyl (C=O) groups is 3. The number of carbonyl (C=O) groups excluding carboxylic acids is 3. The van der Waals surface area contributed by atoms with Crippen molar-refractivity contribution in [1.29, 1.82) is 0 Å². The van der Waals surface area contributed by atoms with E-state index in [1.807, 2.05) is 36.0 Å². The fourth-order valence-corrected chi connectivity index (χ4v) is 5.37. The molecule has 0 spiro atoms. The maximum Gasteiger partial charge on any atom is 1.00 e. The van der Waals surface area contributed by atoms with Crippen molar-refractivity contribution in [1.82, 2.24) is 10.6 Å². The van der Waals surface area contributed by atoms with Crippen molar-refractivity contribution in [3.63, 3.8) is 0 Å². The molecule has 1 fully saturated rings. The molecule has 0 radical (unpaired) electrons. The van der Waals surface area contributed by atoms with Gasteiger partial charge < -0.3 is 40.2 Å². The van der Waals surface area contributed by atoms with Crippen molar-refractivity contribution < 1.29 is 68.7 Å². The Balaban J connectivity index is 0.00000221. The van der Waals surface area contributed by atoms with E-state index in [-0.39, 0.29) is 60.8 Å². The van der Waals surface area contributed by atoms with Crippen LogP contribution in [0.3, 0.4) is 0 Å². The Hall–Kier alpha value is -1.96. The fraction of sp³-hybridized carbons (Fsp3) is 0.516.